The SMILES string of the molecule is CCCCOC(=O)c1ccccc1NC(=O)CSc1n[nH]c(=O)[nH]c1=O. The van der Waals surface area contributed by atoms with E-state index >= 15 is 0 Å². The topological polar surface area (TPSA) is 134 Å². The van der Waals surface area contributed by atoms with Crippen molar-refractivity contribution >= 4 is 29.3 Å². The van der Waals surface area contributed by atoms with Crippen LogP contribution in [-0.2, 0) is 9.53 Å². The van der Waals surface area contributed by atoms with Crippen molar-refractivity contribution in [3.8, 4) is 0 Å². The Balaban J connectivity index is 1.99. The molecular formula is C16H18N4O5S. The van der Waals surface area contributed by atoms with Crippen LogP contribution < -0.4 is 16.6 Å². The Morgan fingerprint density at radius 1 is 1.27 bits per heavy atom. The van der Waals surface area contributed by atoms with Crippen LogP contribution in [0.1, 0.15) is 30.1 Å². The summed E-state index contributed by atoms with van der Waals surface area (Å²) < 4.78 is 5.16. The van der Waals surface area contributed by atoms with E-state index in [-0.39, 0.29) is 16.3 Å². The van der Waals surface area contributed by atoms with E-state index in [1.54, 1.807) is 24.3 Å². The Bertz CT molecular complexity index is 892. The number of hydrogen-bond acceptors (Lipinski definition) is 7. The highest BCUT2D eigenvalue weighted by atomic mass is 32.2. The highest BCUT2D eigenvalue weighted by Gasteiger charge is 2.15. The molecule has 1 heterocycles. The van der Waals surface area contributed by atoms with Crippen LogP contribution in [0.15, 0.2) is 38.9 Å². The average molecular weight is 378 g/mol. The van der Waals surface area contributed by atoms with Gasteiger partial charge in [0.05, 0.1) is 23.6 Å². The molecule has 0 aliphatic carbocycles. The van der Waals surface area contributed by atoms with Crippen LogP contribution in [0.5, 0.6) is 0 Å². The van der Waals surface area contributed by atoms with Crippen LogP contribution in [0.3, 0.4) is 0 Å². The zero-order valence-electron chi connectivity index (χ0n) is 14.0. The monoisotopic (exact) mass is 378 g/mol. The number of H-pyrrole nitrogens is 2. The largest absolute Gasteiger partial charge is 0.462 e. The molecule has 0 aliphatic rings. The minimum atomic E-state index is -0.723. The number of rotatable bonds is 8. The van der Waals surface area contributed by atoms with Gasteiger partial charge in [-0.2, -0.15) is 5.10 Å². The predicted octanol–water partition coefficient (Wildman–Crippen LogP) is 1.15. The summed E-state index contributed by atoms with van der Waals surface area (Å²) in [5.41, 5.74) is -0.823. The van der Waals surface area contributed by atoms with Crippen LogP contribution in [0, 0.1) is 0 Å². The van der Waals surface area contributed by atoms with E-state index in [4.69, 9.17) is 4.74 Å². The van der Waals surface area contributed by atoms with E-state index in [1.165, 1.54) is 0 Å². The fourth-order valence-corrected chi connectivity index (χ4v) is 2.54. The van der Waals surface area contributed by atoms with E-state index < -0.39 is 23.1 Å². The van der Waals surface area contributed by atoms with Crippen molar-refractivity contribution in [1.82, 2.24) is 15.2 Å². The molecule has 0 aliphatic heterocycles. The lowest BCUT2D eigenvalue weighted by atomic mass is 10.2. The van der Waals surface area contributed by atoms with Gasteiger partial charge in [0, 0.05) is 0 Å². The number of benzene rings is 1. The Morgan fingerprint density at radius 3 is 2.77 bits per heavy atom. The van der Waals surface area contributed by atoms with Gasteiger partial charge >= 0.3 is 11.7 Å². The highest BCUT2D eigenvalue weighted by molar-refractivity contribution is 7.99. The molecule has 3 N–H and O–H groups in total. The molecule has 1 aromatic heterocycles. The molecule has 2 aromatic rings. The number of esters is 1. The smallest absolute Gasteiger partial charge is 0.342 e. The van der Waals surface area contributed by atoms with Gasteiger partial charge in [0.1, 0.15) is 0 Å². The Labute approximate surface area is 152 Å². The molecular weight excluding hydrogens is 360 g/mol. The summed E-state index contributed by atoms with van der Waals surface area (Å²) in [6.07, 6.45) is 1.67. The van der Waals surface area contributed by atoms with Crippen LogP contribution >= 0.6 is 11.8 Å². The first-order valence-corrected chi connectivity index (χ1v) is 8.87. The van der Waals surface area contributed by atoms with Crippen LogP contribution in [-0.4, -0.2) is 39.4 Å². The van der Waals surface area contributed by atoms with Crippen molar-refractivity contribution in [2.75, 3.05) is 17.7 Å². The lowest BCUT2D eigenvalue weighted by Gasteiger charge is -2.10. The first kappa shape index (κ1) is 19.4. The number of amides is 1. The summed E-state index contributed by atoms with van der Waals surface area (Å²) in [5, 5.41) is 8.23. The highest BCUT2D eigenvalue weighted by Crippen LogP contribution is 2.17. The summed E-state index contributed by atoms with van der Waals surface area (Å²) in [7, 11) is 0. The first-order valence-electron chi connectivity index (χ1n) is 7.89. The number of carbonyl (C=O) groups excluding carboxylic acids is 2. The predicted molar refractivity (Wildman–Crippen MR) is 96.5 cm³/mol. The van der Waals surface area contributed by atoms with Crippen LogP contribution in [0.2, 0.25) is 0 Å². The third-order valence-corrected chi connectivity index (χ3v) is 4.13. The maximum absolute atomic E-state index is 12.1. The molecule has 1 amide bonds. The van der Waals surface area contributed by atoms with E-state index in [0.29, 0.717) is 12.3 Å². The molecule has 26 heavy (non-hydrogen) atoms. The molecule has 138 valence electrons. The quantitative estimate of drug-likeness (QED) is 0.356. The van der Waals surface area contributed by atoms with Gasteiger partial charge in [-0.15, -0.1) is 0 Å². The summed E-state index contributed by atoms with van der Waals surface area (Å²) in [6.45, 7) is 2.30. The fraction of sp³-hybridized carbons (Fsp3) is 0.312. The molecule has 0 unspecified atom stereocenters. The second-order valence-corrected chi connectivity index (χ2v) is 6.15. The van der Waals surface area contributed by atoms with Crippen molar-refractivity contribution in [2.45, 2.75) is 24.8 Å². The number of aromatic nitrogens is 3. The maximum atomic E-state index is 12.1. The molecule has 9 nitrogen and oxygen atoms in total. The van der Waals surface area contributed by atoms with E-state index in [2.05, 4.69) is 15.5 Å². The van der Waals surface area contributed by atoms with E-state index in [0.717, 1.165) is 24.6 Å². The number of para-hydroxylation sites is 1. The number of ether oxygens (including phenoxy) is 1. The van der Waals surface area contributed by atoms with Gasteiger partial charge < -0.3 is 10.1 Å². The van der Waals surface area contributed by atoms with Gasteiger partial charge in [-0.05, 0) is 18.6 Å². The van der Waals surface area contributed by atoms with Crippen molar-refractivity contribution in [3.05, 3.63) is 50.7 Å². The molecule has 0 fully saturated rings. The van der Waals surface area contributed by atoms with Crippen molar-refractivity contribution in [1.29, 1.82) is 0 Å². The Kier molecular flexibility index (Phi) is 7.15. The number of aromatic amines is 2. The number of nitrogens with one attached hydrogen (secondary N) is 3. The van der Waals surface area contributed by atoms with Gasteiger partial charge in [0.2, 0.25) is 5.91 Å². The number of unbranched alkanes of at least 4 members (excludes halogenated alkanes) is 1. The summed E-state index contributed by atoms with van der Waals surface area (Å²) in [4.78, 5) is 48.7. The maximum Gasteiger partial charge on any atom is 0.342 e. The number of thioether (sulfide) groups is 1. The van der Waals surface area contributed by atoms with Gasteiger partial charge in [0.15, 0.2) is 5.03 Å². The number of carbonyl (C=O) groups is 2. The van der Waals surface area contributed by atoms with E-state index in [9.17, 15) is 19.2 Å². The molecule has 0 atom stereocenters. The lowest BCUT2D eigenvalue weighted by Crippen LogP contribution is -2.26. The molecule has 0 spiro atoms. The van der Waals surface area contributed by atoms with Crippen molar-refractivity contribution in [2.24, 2.45) is 0 Å². The lowest BCUT2D eigenvalue weighted by molar-refractivity contribution is -0.113. The van der Waals surface area contributed by atoms with E-state index in [1.807, 2.05) is 11.9 Å². The molecule has 0 saturated heterocycles. The van der Waals surface area contributed by atoms with Crippen LogP contribution in [0.25, 0.3) is 0 Å². The zero-order chi connectivity index (χ0) is 18.9. The summed E-state index contributed by atoms with van der Waals surface area (Å²) >= 11 is 0.861. The molecule has 1 aromatic carbocycles. The summed E-state index contributed by atoms with van der Waals surface area (Å²) in [6, 6.07) is 6.50. The minimum Gasteiger partial charge on any atom is -0.462 e. The third kappa shape index (κ3) is 5.59. The third-order valence-electron chi connectivity index (χ3n) is 3.17. The zero-order valence-corrected chi connectivity index (χ0v) is 14.9. The number of hydrogen-bond donors (Lipinski definition) is 3. The Morgan fingerprint density at radius 2 is 2.04 bits per heavy atom. The second kappa shape index (κ2) is 9.56. The molecule has 0 radical (unpaired) electrons. The molecule has 0 bridgehead atoms. The fourth-order valence-electron chi connectivity index (χ4n) is 1.91. The minimum absolute atomic E-state index is 0.0352. The van der Waals surface area contributed by atoms with Crippen molar-refractivity contribution < 1.29 is 14.3 Å². The average Bonchev–Trinajstić information content (AvgIpc) is 2.61. The molecule has 0 saturated carbocycles. The molecule has 10 heteroatoms. The molecule has 2 rings (SSSR count). The normalized spacial score (nSPS) is 10.3. The Hall–Kier alpha value is -2.88. The summed E-state index contributed by atoms with van der Waals surface area (Å²) in [5.74, 6) is -1.07. The number of nitrogens with zero attached hydrogens (tertiary/aromatic N) is 1. The standard InChI is InChI=1S/C16H18N4O5S/c1-2-3-8-25-15(23)10-6-4-5-7-11(10)17-12(21)9-26-14-13(22)18-16(24)20-19-14/h4-7H,2-3,8-9H2,1H3,(H,17,21)(H2,18,20,22,24). The van der Waals surface area contributed by atoms with Gasteiger partial charge in [-0.25, -0.2) is 14.7 Å². The number of anilines is 1. The van der Waals surface area contributed by atoms with Crippen LogP contribution in [0.4, 0.5) is 5.69 Å². The first-order chi connectivity index (χ1) is 12.5. The van der Waals surface area contributed by atoms with Gasteiger partial charge in [0.25, 0.3) is 5.56 Å². The van der Waals surface area contributed by atoms with Crippen molar-refractivity contribution in [3.63, 3.8) is 0 Å². The van der Waals surface area contributed by atoms with Gasteiger partial charge in [-0.1, -0.05) is 37.2 Å². The van der Waals surface area contributed by atoms with Gasteiger partial charge in [-0.3, -0.25) is 14.6 Å². The second-order valence-electron chi connectivity index (χ2n) is 5.18.